The predicted octanol–water partition coefficient (Wildman–Crippen LogP) is 6.88. The van der Waals surface area contributed by atoms with E-state index < -0.39 is 18.3 Å². The van der Waals surface area contributed by atoms with Crippen LogP contribution in [0.3, 0.4) is 0 Å². The van der Waals surface area contributed by atoms with Gasteiger partial charge in [0.15, 0.2) is 5.82 Å². The molecule has 40 heavy (non-hydrogen) atoms. The Morgan fingerprint density at radius 2 is 1.50 bits per heavy atom. The number of nitrogens with zero attached hydrogens (tertiary/aromatic N) is 3. The molecule has 1 fully saturated rings. The SMILES string of the molecule is CN1CC=Cc2nc(-c3cc4ccccc4c4ccc(B5OC(C)(C)C(C)(C)O5)cc34)nc(-c3ccccc3)c21. The predicted molar refractivity (Wildman–Crippen MR) is 166 cm³/mol. The third kappa shape index (κ3) is 3.94. The molecule has 0 atom stereocenters. The fourth-order valence-electron chi connectivity index (χ4n) is 5.73. The number of rotatable bonds is 3. The monoisotopic (exact) mass is 525 g/mol. The highest BCUT2D eigenvalue weighted by Gasteiger charge is 2.51. The van der Waals surface area contributed by atoms with Gasteiger partial charge in [-0.25, -0.2) is 9.97 Å². The van der Waals surface area contributed by atoms with Crippen molar-refractivity contribution in [1.29, 1.82) is 0 Å². The molecule has 6 heteroatoms. The van der Waals surface area contributed by atoms with Crippen LogP contribution in [0.1, 0.15) is 33.4 Å². The second-order valence-electron chi connectivity index (χ2n) is 11.8. The van der Waals surface area contributed by atoms with E-state index in [9.17, 15) is 0 Å². The van der Waals surface area contributed by atoms with Crippen LogP contribution < -0.4 is 10.4 Å². The number of fused-ring (bicyclic) bond motifs is 4. The highest BCUT2D eigenvalue weighted by atomic mass is 16.7. The molecule has 0 aliphatic carbocycles. The number of hydrogen-bond donors (Lipinski definition) is 0. The molecule has 2 aliphatic heterocycles. The molecule has 0 bridgehead atoms. The molecular formula is C34H32BN3O2. The van der Waals surface area contributed by atoms with Crippen LogP contribution in [-0.2, 0) is 9.31 Å². The summed E-state index contributed by atoms with van der Waals surface area (Å²) in [5, 5.41) is 4.59. The van der Waals surface area contributed by atoms with Crippen LogP contribution in [0.4, 0.5) is 5.69 Å². The Morgan fingerprint density at radius 1 is 0.775 bits per heavy atom. The van der Waals surface area contributed by atoms with Crippen LogP contribution in [0.15, 0.2) is 84.9 Å². The molecule has 5 aromatic rings. The first-order chi connectivity index (χ1) is 19.2. The van der Waals surface area contributed by atoms with E-state index in [2.05, 4.69) is 125 Å². The normalized spacial score (nSPS) is 17.5. The zero-order valence-electron chi connectivity index (χ0n) is 23.6. The van der Waals surface area contributed by atoms with Crippen LogP contribution in [-0.4, -0.2) is 41.9 Å². The van der Waals surface area contributed by atoms with Crippen LogP contribution in [0.2, 0.25) is 0 Å². The van der Waals surface area contributed by atoms with Gasteiger partial charge in [-0.05, 0) is 66.8 Å². The van der Waals surface area contributed by atoms with E-state index >= 15 is 0 Å². The summed E-state index contributed by atoms with van der Waals surface area (Å²) in [5.74, 6) is 0.708. The molecule has 2 aliphatic rings. The van der Waals surface area contributed by atoms with Crippen molar-refractivity contribution in [2.24, 2.45) is 0 Å². The molecule has 3 heterocycles. The molecule has 1 saturated heterocycles. The lowest BCUT2D eigenvalue weighted by atomic mass is 9.77. The maximum Gasteiger partial charge on any atom is 0.494 e. The average molecular weight is 525 g/mol. The van der Waals surface area contributed by atoms with Crippen LogP contribution >= 0.6 is 0 Å². The van der Waals surface area contributed by atoms with Crippen molar-refractivity contribution in [3.63, 3.8) is 0 Å². The van der Waals surface area contributed by atoms with Crippen molar-refractivity contribution in [2.75, 3.05) is 18.5 Å². The summed E-state index contributed by atoms with van der Waals surface area (Å²) in [6, 6.07) is 27.6. The molecule has 4 aromatic carbocycles. The van der Waals surface area contributed by atoms with Crippen molar-refractivity contribution in [3.8, 4) is 22.6 Å². The van der Waals surface area contributed by atoms with Crippen molar-refractivity contribution in [3.05, 3.63) is 90.6 Å². The molecule has 5 nitrogen and oxygen atoms in total. The standard InChI is InChI=1S/C34H32BN3O2/c1-33(2)34(3,4)40-35(39-33)24-17-18-26-25-15-10-9-14-23(25)20-28(27(26)21-24)32-36-29-16-11-19-38(5)31(29)30(37-32)22-12-7-6-8-13-22/h6-18,20-21H,19H2,1-5H3. The van der Waals surface area contributed by atoms with Crippen molar-refractivity contribution >= 4 is 45.9 Å². The number of likely N-dealkylation sites (N-methyl/N-ethyl adjacent to an activating group) is 1. The molecule has 0 unspecified atom stereocenters. The third-order valence-corrected chi connectivity index (χ3v) is 8.65. The fourth-order valence-corrected chi connectivity index (χ4v) is 5.73. The van der Waals surface area contributed by atoms with E-state index in [0.717, 1.165) is 56.4 Å². The quantitative estimate of drug-likeness (QED) is 0.190. The topological polar surface area (TPSA) is 47.5 Å². The maximum atomic E-state index is 6.43. The highest BCUT2D eigenvalue weighted by molar-refractivity contribution is 6.62. The summed E-state index contributed by atoms with van der Waals surface area (Å²) < 4.78 is 12.9. The minimum absolute atomic E-state index is 0.413. The first-order valence-electron chi connectivity index (χ1n) is 13.9. The Balaban J connectivity index is 1.49. The van der Waals surface area contributed by atoms with Gasteiger partial charge in [-0.2, -0.15) is 0 Å². The molecule has 198 valence electrons. The van der Waals surface area contributed by atoms with Gasteiger partial charge in [0.25, 0.3) is 0 Å². The number of anilines is 1. The Morgan fingerprint density at radius 3 is 2.27 bits per heavy atom. The minimum atomic E-state index is -0.449. The number of aromatic nitrogens is 2. The summed E-state index contributed by atoms with van der Waals surface area (Å²) in [6.07, 6.45) is 4.27. The van der Waals surface area contributed by atoms with Gasteiger partial charge in [-0.1, -0.05) is 78.9 Å². The van der Waals surface area contributed by atoms with Gasteiger partial charge >= 0.3 is 7.12 Å². The van der Waals surface area contributed by atoms with E-state index in [0.29, 0.717) is 5.82 Å². The van der Waals surface area contributed by atoms with Gasteiger partial charge < -0.3 is 14.2 Å². The molecule has 1 aromatic heterocycles. The lowest BCUT2D eigenvalue weighted by Crippen LogP contribution is -2.41. The van der Waals surface area contributed by atoms with Gasteiger partial charge in [0.2, 0.25) is 0 Å². The summed E-state index contributed by atoms with van der Waals surface area (Å²) in [6.45, 7) is 9.17. The molecule has 0 spiro atoms. The first-order valence-corrected chi connectivity index (χ1v) is 13.9. The summed E-state index contributed by atoms with van der Waals surface area (Å²) in [5.41, 5.74) is 5.16. The molecule has 0 radical (unpaired) electrons. The Labute approximate surface area is 235 Å². The largest absolute Gasteiger partial charge is 0.494 e. The first kappa shape index (κ1) is 25.0. The lowest BCUT2D eigenvalue weighted by Gasteiger charge is -2.32. The molecule has 0 N–H and O–H groups in total. The van der Waals surface area contributed by atoms with Crippen LogP contribution in [0, 0.1) is 0 Å². The van der Waals surface area contributed by atoms with E-state index in [-0.39, 0.29) is 0 Å². The molecular weight excluding hydrogens is 493 g/mol. The van der Waals surface area contributed by atoms with Crippen molar-refractivity contribution in [1.82, 2.24) is 9.97 Å². The van der Waals surface area contributed by atoms with Gasteiger partial charge in [0, 0.05) is 24.7 Å². The third-order valence-electron chi connectivity index (χ3n) is 8.65. The Hall–Kier alpha value is -4.00. The smallest absolute Gasteiger partial charge is 0.399 e. The molecule has 0 saturated carbocycles. The van der Waals surface area contributed by atoms with Crippen LogP contribution in [0.25, 0.3) is 50.3 Å². The van der Waals surface area contributed by atoms with Gasteiger partial charge in [0.05, 0.1) is 28.3 Å². The van der Waals surface area contributed by atoms with E-state index in [4.69, 9.17) is 19.3 Å². The zero-order valence-corrected chi connectivity index (χ0v) is 23.6. The van der Waals surface area contributed by atoms with Crippen molar-refractivity contribution < 1.29 is 9.31 Å². The fraction of sp³-hybridized carbons (Fsp3) is 0.235. The minimum Gasteiger partial charge on any atom is -0.399 e. The zero-order chi connectivity index (χ0) is 27.6. The number of hydrogen-bond acceptors (Lipinski definition) is 5. The summed E-state index contributed by atoms with van der Waals surface area (Å²) >= 11 is 0. The average Bonchev–Trinajstić information content (AvgIpc) is 3.18. The second kappa shape index (κ2) is 9.02. The summed E-state index contributed by atoms with van der Waals surface area (Å²) in [4.78, 5) is 12.6. The van der Waals surface area contributed by atoms with Gasteiger partial charge in [-0.3, -0.25) is 0 Å². The molecule has 7 rings (SSSR count). The van der Waals surface area contributed by atoms with Gasteiger partial charge in [0.1, 0.15) is 0 Å². The van der Waals surface area contributed by atoms with Gasteiger partial charge in [-0.15, -0.1) is 0 Å². The van der Waals surface area contributed by atoms with E-state index in [1.807, 2.05) is 6.07 Å². The Bertz CT molecular complexity index is 1800. The van der Waals surface area contributed by atoms with E-state index in [1.54, 1.807) is 0 Å². The van der Waals surface area contributed by atoms with Crippen LogP contribution in [0.5, 0.6) is 0 Å². The maximum absolute atomic E-state index is 6.43. The highest BCUT2D eigenvalue weighted by Crippen LogP contribution is 2.40. The second-order valence-corrected chi connectivity index (χ2v) is 11.8. The Kier molecular flexibility index (Phi) is 5.64. The number of benzene rings is 4. The summed E-state index contributed by atoms with van der Waals surface area (Å²) in [7, 11) is 1.65. The van der Waals surface area contributed by atoms with Crippen molar-refractivity contribution in [2.45, 2.75) is 38.9 Å². The van der Waals surface area contributed by atoms with E-state index in [1.165, 1.54) is 5.39 Å². The molecule has 0 amide bonds. The lowest BCUT2D eigenvalue weighted by molar-refractivity contribution is 0.00578.